The zero-order valence-corrected chi connectivity index (χ0v) is 18.9. The summed E-state index contributed by atoms with van der Waals surface area (Å²) in [6.07, 6.45) is 1.75. The van der Waals surface area contributed by atoms with E-state index < -0.39 is 10.0 Å². The molecule has 2 aromatic rings. The number of piperidine rings is 1. The van der Waals surface area contributed by atoms with Crippen molar-refractivity contribution < 1.29 is 17.9 Å². The Morgan fingerprint density at radius 1 is 1.10 bits per heavy atom. The zero-order chi connectivity index (χ0) is 21.9. The van der Waals surface area contributed by atoms with Crippen molar-refractivity contribution in [2.24, 2.45) is 5.92 Å². The van der Waals surface area contributed by atoms with Gasteiger partial charge in [0.05, 0.1) is 18.0 Å². The number of rotatable bonds is 6. The summed E-state index contributed by atoms with van der Waals surface area (Å²) in [6.45, 7) is 5.17. The lowest BCUT2D eigenvalue weighted by molar-refractivity contribution is 0.0741. The van der Waals surface area contributed by atoms with Gasteiger partial charge >= 0.3 is 0 Å². The maximum Gasteiger partial charge on any atom is 0.254 e. The number of methoxy groups -OCH3 is 1. The Bertz CT molecular complexity index is 981. The average molecular weight is 431 g/mol. The number of amides is 1. The van der Waals surface area contributed by atoms with Crippen molar-refractivity contribution in [1.82, 2.24) is 9.21 Å². The summed E-state index contributed by atoms with van der Waals surface area (Å²) in [5.74, 6) is 1.10. The number of benzene rings is 2. The second kappa shape index (κ2) is 9.18. The van der Waals surface area contributed by atoms with Crippen molar-refractivity contribution in [1.29, 1.82) is 0 Å². The highest BCUT2D eigenvalue weighted by atomic mass is 32.2. The molecule has 1 unspecified atom stereocenters. The molecule has 1 aliphatic heterocycles. The third-order valence-electron chi connectivity index (χ3n) is 5.97. The van der Waals surface area contributed by atoms with Gasteiger partial charge in [-0.25, -0.2) is 8.42 Å². The molecule has 1 saturated heterocycles. The van der Waals surface area contributed by atoms with Gasteiger partial charge in [0, 0.05) is 31.3 Å². The van der Waals surface area contributed by atoms with E-state index in [1.165, 1.54) is 12.1 Å². The van der Waals surface area contributed by atoms with Crippen LogP contribution in [0.1, 0.15) is 48.7 Å². The van der Waals surface area contributed by atoms with Gasteiger partial charge in [-0.05, 0) is 56.0 Å². The van der Waals surface area contributed by atoms with E-state index in [0.717, 1.165) is 24.2 Å². The molecule has 3 rings (SSSR count). The lowest BCUT2D eigenvalue weighted by atomic mass is 10.0. The largest absolute Gasteiger partial charge is 0.496 e. The van der Waals surface area contributed by atoms with Crippen LogP contribution in [-0.4, -0.2) is 50.8 Å². The summed E-state index contributed by atoms with van der Waals surface area (Å²) in [5.41, 5.74) is 1.36. The van der Waals surface area contributed by atoms with Gasteiger partial charge in [0.15, 0.2) is 0 Å². The highest BCUT2D eigenvalue weighted by Gasteiger charge is 2.28. The predicted molar refractivity (Wildman–Crippen MR) is 117 cm³/mol. The van der Waals surface area contributed by atoms with Gasteiger partial charge in [-0.15, -0.1) is 0 Å². The fraction of sp³-hybridized carbons (Fsp3) is 0.435. The Morgan fingerprint density at radius 3 is 2.30 bits per heavy atom. The second-order valence-electron chi connectivity index (χ2n) is 7.94. The van der Waals surface area contributed by atoms with Crippen LogP contribution in [0.2, 0.25) is 0 Å². The van der Waals surface area contributed by atoms with E-state index in [1.54, 1.807) is 35.5 Å². The smallest absolute Gasteiger partial charge is 0.254 e. The molecule has 1 aliphatic rings. The molecular weight excluding hydrogens is 400 g/mol. The van der Waals surface area contributed by atoms with Crippen LogP contribution in [-0.2, 0) is 10.0 Å². The standard InChI is InChI=1S/C23H30N2O4S/c1-17-13-15-25(16-14-17)30(27,28)20-11-9-19(10-12-20)23(26)24(3)18(2)21-7-5-6-8-22(21)29-4/h5-12,17-18H,13-16H2,1-4H3. The molecule has 1 fully saturated rings. The van der Waals surface area contributed by atoms with E-state index in [9.17, 15) is 13.2 Å². The minimum absolute atomic E-state index is 0.177. The first-order valence-electron chi connectivity index (χ1n) is 10.3. The fourth-order valence-electron chi connectivity index (χ4n) is 3.74. The van der Waals surface area contributed by atoms with E-state index >= 15 is 0 Å². The van der Waals surface area contributed by atoms with Crippen molar-refractivity contribution in [3.8, 4) is 5.75 Å². The summed E-state index contributed by atoms with van der Waals surface area (Å²) >= 11 is 0. The Labute approximate surface area is 179 Å². The molecule has 0 N–H and O–H groups in total. The van der Waals surface area contributed by atoms with E-state index in [-0.39, 0.29) is 16.8 Å². The summed E-state index contributed by atoms with van der Waals surface area (Å²) in [5, 5.41) is 0. The minimum atomic E-state index is -3.52. The predicted octanol–water partition coefficient (Wildman–Crippen LogP) is 3.95. The molecular formula is C23H30N2O4S. The number of sulfonamides is 1. The van der Waals surface area contributed by atoms with Crippen LogP contribution >= 0.6 is 0 Å². The van der Waals surface area contributed by atoms with Crippen LogP contribution in [0.25, 0.3) is 0 Å². The van der Waals surface area contributed by atoms with Gasteiger partial charge in [-0.2, -0.15) is 4.31 Å². The maximum absolute atomic E-state index is 13.0. The number of para-hydroxylation sites is 1. The topological polar surface area (TPSA) is 66.9 Å². The van der Waals surface area contributed by atoms with Gasteiger partial charge in [-0.3, -0.25) is 4.79 Å². The number of carbonyl (C=O) groups is 1. The number of carbonyl (C=O) groups excluding carboxylic acids is 1. The molecule has 0 bridgehead atoms. The highest BCUT2D eigenvalue weighted by Crippen LogP contribution is 2.29. The molecule has 0 radical (unpaired) electrons. The molecule has 0 spiro atoms. The first-order valence-corrected chi connectivity index (χ1v) is 11.7. The van der Waals surface area contributed by atoms with Gasteiger partial charge < -0.3 is 9.64 Å². The molecule has 30 heavy (non-hydrogen) atoms. The Kier molecular flexibility index (Phi) is 6.83. The number of hydrogen-bond acceptors (Lipinski definition) is 4. The summed E-state index contributed by atoms with van der Waals surface area (Å²) in [7, 11) is -0.183. The van der Waals surface area contributed by atoms with Crippen LogP contribution in [0.4, 0.5) is 0 Å². The Balaban J connectivity index is 1.76. The normalized spacial score (nSPS) is 16.8. The number of hydrogen-bond donors (Lipinski definition) is 0. The Morgan fingerprint density at radius 2 is 1.70 bits per heavy atom. The first-order chi connectivity index (χ1) is 14.3. The third-order valence-corrected chi connectivity index (χ3v) is 7.88. The van der Waals surface area contributed by atoms with E-state index in [0.29, 0.717) is 24.6 Å². The van der Waals surface area contributed by atoms with Gasteiger partial charge in [0.2, 0.25) is 10.0 Å². The molecule has 0 aliphatic carbocycles. The molecule has 2 aromatic carbocycles. The van der Waals surface area contributed by atoms with Gasteiger partial charge in [0.25, 0.3) is 5.91 Å². The van der Waals surface area contributed by atoms with Crippen LogP contribution in [0.15, 0.2) is 53.4 Å². The zero-order valence-electron chi connectivity index (χ0n) is 18.0. The van der Waals surface area contributed by atoms with Crippen LogP contribution in [0, 0.1) is 5.92 Å². The molecule has 162 valence electrons. The summed E-state index contributed by atoms with van der Waals surface area (Å²) in [6, 6.07) is 13.6. The maximum atomic E-state index is 13.0. The van der Waals surface area contributed by atoms with E-state index in [4.69, 9.17) is 4.74 Å². The van der Waals surface area contributed by atoms with Crippen molar-refractivity contribution in [3.05, 3.63) is 59.7 Å². The first kappa shape index (κ1) is 22.3. The van der Waals surface area contributed by atoms with Crippen LogP contribution in [0.5, 0.6) is 5.75 Å². The van der Waals surface area contributed by atoms with Gasteiger partial charge in [-0.1, -0.05) is 25.1 Å². The van der Waals surface area contributed by atoms with E-state index in [1.807, 2.05) is 31.2 Å². The lowest BCUT2D eigenvalue weighted by Crippen LogP contribution is -2.37. The molecule has 7 heteroatoms. The Hall–Kier alpha value is -2.38. The van der Waals surface area contributed by atoms with Crippen LogP contribution < -0.4 is 4.74 Å². The van der Waals surface area contributed by atoms with Crippen LogP contribution in [0.3, 0.4) is 0 Å². The molecule has 1 atom stereocenters. The lowest BCUT2D eigenvalue weighted by Gasteiger charge is -2.29. The van der Waals surface area contributed by atoms with Crippen molar-refractivity contribution in [2.75, 3.05) is 27.2 Å². The molecule has 1 heterocycles. The molecule has 6 nitrogen and oxygen atoms in total. The number of ether oxygens (including phenoxy) is 1. The third kappa shape index (κ3) is 4.52. The highest BCUT2D eigenvalue weighted by molar-refractivity contribution is 7.89. The van der Waals surface area contributed by atoms with E-state index in [2.05, 4.69) is 6.92 Å². The summed E-state index contributed by atoms with van der Waals surface area (Å²) < 4.78 is 32.7. The number of nitrogens with zero attached hydrogens (tertiary/aromatic N) is 2. The monoisotopic (exact) mass is 430 g/mol. The fourth-order valence-corrected chi connectivity index (χ4v) is 5.21. The van der Waals surface area contributed by atoms with Crippen molar-refractivity contribution in [2.45, 2.75) is 37.6 Å². The second-order valence-corrected chi connectivity index (χ2v) is 9.88. The summed E-state index contributed by atoms with van der Waals surface area (Å²) in [4.78, 5) is 14.8. The van der Waals surface area contributed by atoms with Crippen molar-refractivity contribution in [3.63, 3.8) is 0 Å². The molecule has 0 saturated carbocycles. The molecule has 0 aromatic heterocycles. The van der Waals surface area contributed by atoms with Crippen molar-refractivity contribution >= 4 is 15.9 Å². The molecule has 1 amide bonds. The average Bonchev–Trinajstić information content (AvgIpc) is 2.78. The van der Waals surface area contributed by atoms with Gasteiger partial charge in [0.1, 0.15) is 5.75 Å². The quantitative estimate of drug-likeness (QED) is 0.696. The SMILES string of the molecule is COc1ccccc1C(C)N(C)C(=O)c1ccc(S(=O)(=O)N2CCC(C)CC2)cc1. The minimum Gasteiger partial charge on any atom is -0.496 e.